The zero-order chi connectivity index (χ0) is 14.5. The Kier molecular flexibility index (Phi) is 5.52. The summed E-state index contributed by atoms with van der Waals surface area (Å²) in [7, 11) is 1.61. The number of nitrogens with one attached hydrogen (secondary N) is 1. The smallest absolute Gasteiger partial charge is 0.169 e. The number of halogens is 2. The summed E-state index contributed by atoms with van der Waals surface area (Å²) in [5, 5.41) is 4.08. The van der Waals surface area contributed by atoms with Crippen LogP contribution in [0.4, 0.5) is 0 Å². The van der Waals surface area contributed by atoms with Gasteiger partial charge in [0.25, 0.3) is 0 Å². The van der Waals surface area contributed by atoms with Gasteiger partial charge in [0.15, 0.2) is 4.67 Å². The fourth-order valence-electron chi connectivity index (χ4n) is 2.01. The molecule has 0 aliphatic heterocycles. The molecule has 1 heterocycles. The first-order valence-corrected chi connectivity index (χ1v) is 7.64. The third-order valence-electron chi connectivity index (χ3n) is 2.99. The van der Waals surface area contributed by atoms with Crippen molar-refractivity contribution < 1.29 is 9.15 Å². The fraction of sp³-hybridized carbons (Fsp3) is 0.333. The molecule has 0 amide bonds. The Balaban J connectivity index is 2.35. The van der Waals surface area contributed by atoms with Crippen molar-refractivity contribution in [3.8, 4) is 5.75 Å². The quantitative estimate of drug-likeness (QED) is 0.806. The van der Waals surface area contributed by atoms with Gasteiger partial charge in [-0.3, -0.25) is 0 Å². The third-order valence-corrected chi connectivity index (χ3v) is 3.72. The molecule has 0 saturated carbocycles. The van der Waals surface area contributed by atoms with E-state index in [1.807, 2.05) is 30.3 Å². The van der Waals surface area contributed by atoms with Gasteiger partial charge in [-0.15, -0.1) is 0 Å². The van der Waals surface area contributed by atoms with Crippen molar-refractivity contribution in [2.24, 2.45) is 0 Å². The number of benzene rings is 1. The number of hydrogen-bond acceptors (Lipinski definition) is 3. The number of hydrogen-bond donors (Lipinski definition) is 1. The second-order valence-corrected chi connectivity index (χ2v) is 5.61. The molecular formula is C15H17BrClNO2. The van der Waals surface area contributed by atoms with E-state index in [1.165, 1.54) is 0 Å². The predicted octanol–water partition coefficient (Wildman–Crippen LogP) is 4.79. The molecule has 1 atom stereocenters. The van der Waals surface area contributed by atoms with Gasteiger partial charge in [0.2, 0.25) is 0 Å². The Labute approximate surface area is 132 Å². The first kappa shape index (κ1) is 15.4. The zero-order valence-electron chi connectivity index (χ0n) is 11.5. The number of furan rings is 1. The number of rotatable bonds is 6. The minimum absolute atomic E-state index is 0.0209. The summed E-state index contributed by atoms with van der Waals surface area (Å²) < 4.78 is 11.7. The second-order valence-electron chi connectivity index (χ2n) is 4.42. The van der Waals surface area contributed by atoms with Crippen molar-refractivity contribution in [1.82, 2.24) is 5.32 Å². The third kappa shape index (κ3) is 3.57. The van der Waals surface area contributed by atoms with Gasteiger partial charge in [-0.1, -0.05) is 24.6 Å². The molecule has 0 aliphatic rings. The van der Waals surface area contributed by atoms with Crippen LogP contribution in [0.15, 0.2) is 39.4 Å². The highest BCUT2D eigenvalue weighted by Crippen LogP contribution is 2.31. The van der Waals surface area contributed by atoms with E-state index >= 15 is 0 Å². The van der Waals surface area contributed by atoms with Crippen molar-refractivity contribution in [1.29, 1.82) is 0 Å². The summed E-state index contributed by atoms with van der Waals surface area (Å²) in [4.78, 5) is 0. The Morgan fingerprint density at radius 2 is 2.15 bits per heavy atom. The summed E-state index contributed by atoms with van der Waals surface area (Å²) in [5.41, 5.74) is 1.06. The summed E-state index contributed by atoms with van der Waals surface area (Å²) in [5.74, 6) is 1.52. The van der Waals surface area contributed by atoms with Crippen molar-refractivity contribution in [2.75, 3.05) is 13.7 Å². The molecule has 1 unspecified atom stereocenters. The lowest BCUT2D eigenvalue weighted by molar-refractivity contribution is 0.410. The maximum Gasteiger partial charge on any atom is 0.169 e. The van der Waals surface area contributed by atoms with E-state index in [-0.39, 0.29) is 6.04 Å². The maximum absolute atomic E-state index is 6.08. The van der Waals surface area contributed by atoms with E-state index in [4.69, 9.17) is 20.8 Å². The van der Waals surface area contributed by atoms with E-state index in [1.54, 1.807) is 7.11 Å². The first-order chi connectivity index (χ1) is 9.65. The Bertz CT molecular complexity index is 571. The molecular weight excluding hydrogens is 342 g/mol. The van der Waals surface area contributed by atoms with Gasteiger partial charge in [-0.2, -0.15) is 0 Å². The van der Waals surface area contributed by atoms with Gasteiger partial charge >= 0.3 is 0 Å². The van der Waals surface area contributed by atoms with Crippen molar-refractivity contribution in [2.45, 2.75) is 19.4 Å². The highest BCUT2D eigenvalue weighted by Gasteiger charge is 2.18. The molecule has 2 rings (SSSR count). The standard InChI is InChI=1S/C15H17BrClNO2/c1-3-8-18-15(12-6-7-14(16)20-12)10-4-5-11(17)13(9-10)19-2/h4-7,9,15,18H,3,8H2,1-2H3. The van der Waals surface area contributed by atoms with Crippen molar-refractivity contribution >= 4 is 27.5 Å². The molecule has 0 radical (unpaired) electrons. The van der Waals surface area contributed by atoms with Gasteiger partial charge in [-0.25, -0.2) is 0 Å². The van der Waals surface area contributed by atoms with E-state index in [0.29, 0.717) is 10.8 Å². The van der Waals surface area contributed by atoms with Crippen LogP contribution in [0.5, 0.6) is 5.75 Å². The Morgan fingerprint density at radius 1 is 1.35 bits per heavy atom. The van der Waals surface area contributed by atoms with E-state index in [0.717, 1.165) is 29.0 Å². The molecule has 0 bridgehead atoms. The molecule has 20 heavy (non-hydrogen) atoms. The lowest BCUT2D eigenvalue weighted by Gasteiger charge is -2.18. The van der Waals surface area contributed by atoms with Gasteiger partial charge in [0.1, 0.15) is 11.5 Å². The largest absolute Gasteiger partial charge is 0.495 e. The normalized spacial score (nSPS) is 12.4. The van der Waals surface area contributed by atoms with Crippen LogP contribution in [-0.4, -0.2) is 13.7 Å². The van der Waals surface area contributed by atoms with Gasteiger partial charge in [0.05, 0.1) is 18.2 Å². The lowest BCUT2D eigenvalue weighted by atomic mass is 10.0. The van der Waals surface area contributed by atoms with E-state index < -0.39 is 0 Å². The average molecular weight is 359 g/mol. The lowest BCUT2D eigenvalue weighted by Crippen LogP contribution is -2.22. The van der Waals surface area contributed by atoms with Crippen LogP contribution in [0.25, 0.3) is 0 Å². The van der Waals surface area contributed by atoms with Crippen LogP contribution < -0.4 is 10.1 Å². The minimum Gasteiger partial charge on any atom is -0.495 e. The van der Waals surface area contributed by atoms with Gasteiger partial charge < -0.3 is 14.5 Å². The highest BCUT2D eigenvalue weighted by atomic mass is 79.9. The molecule has 3 nitrogen and oxygen atoms in total. The Hall–Kier alpha value is -0.970. The molecule has 2 aromatic rings. The SMILES string of the molecule is CCCNC(c1ccc(Cl)c(OC)c1)c1ccc(Br)o1. The highest BCUT2D eigenvalue weighted by molar-refractivity contribution is 9.10. The maximum atomic E-state index is 6.08. The van der Waals surface area contributed by atoms with Gasteiger partial charge in [0, 0.05) is 0 Å². The predicted molar refractivity (Wildman–Crippen MR) is 84.5 cm³/mol. The number of methoxy groups -OCH3 is 1. The monoisotopic (exact) mass is 357 g/mol. The molecule has 1 aromatic carbocycles. The minimum atomic E-state index is -0.0209. The van der Waals surface area contributed by atoms with Crippen LogP contribution >= 0.6 is 27.5 Å². The fourth-order valence-corrected chi connectivity index (χ4v) is 2.52. The van der Waals surface area contributed by atoms with Gasteiger partial charge in [-0.05, 0) is 58.7 Å². The summed E-state index contributed by atoms with van der Waals surface area (Å²) in [6.45, 7) is 3.03. The molecule has 1 N–H and O–H groups in total. The molecule has 0 saturated heterocycles. The van der Waals surface area contributed by atoms with Crippen LogP contribution in [0.3, 0.4) is 0 Å². The molecule has 0 aliphatic carbocycles. The van der Waals surface area contributed by atoms with Crippen LogP contribution in [0.1, 0.15) is 30.7 Å². The van der Waals surface area contributed by atoms with Crippen molar-refractivity contribution in [3.05, 3.63) is 51.3 Å². The molecule has 0 spiro atoms. The van der Waals surface area contributed by atoms with Crippen LogP contribution in [0, 0.1) is 0 Å². The zero-order valence-corrected chi connectivity index (χ0v) is 13.8. The van der Waals surface area contributed by atoms with Crippen LogP contribution in [0.2, 0.25) is 5.02 Å². The molecule has 1 aromatic heterocycles. The molecule has 5 heteroatoms. The summed E-state index contributed by atoms with van der Waals surface area (Å²) in [6, 6.07) is 9.59. The van der Waals surface area contributed by atoms with E-state index in [9.17, 15) is 0 Å². The average Bonchev–Trinajstić information content (AvgIpc) is 2.87. The Morgan fingerprint density at radius 3 is 2.75 bits per heavy atom. The molecule has 108 valence electrons. The van der Waals surface area contributed by atoms with Crippen molar-refractivity contribution in [3.63, 3.8) is 0 Å². The van der Waals surface area contributed by atoms with E-state index in [2.05, 4.69) is 28.2 Å². The molecule has 0 fully saturated rings. The summed E-state index contributed by atoms with van der Waals surface area (Å²) in [6.07, 6.45) is 1.04. The van der Waals surface area contributed by atoms with Crippen LogP contribution in [-0.2, 0) is 0 Å². The first-order valence-electron chi connectivity index (χ1n) is 6.47. The number of ether oxygens (including phenoxy) is 1. The second kappa shape index (κ2) is 7.16. The summed E-state index contributed by atoms with van der Waals surface area (Å²) >= 11 is 9.42. The topological polar surface area (TPSA) is 34.4 Å².